The SMILES string of the molecule is Cc1noc(CCNC(=O)NCC2(C(=O)O)CCC2)n1. The molecule has 1 heterocycles. The quantitative estimate of drug-likeness (QED) is 0.698. The van der Waals surface area contributed by atoms with E-state index in [1.807, 2.05) is 0 Å². The van der Waals surface area contributed by atoms with Crippen molar-refractivity contribution in [2.24, 2.45) is 5.41 Å². The summed E-state index contributed by atoms with van der Waals surface area (Å²) in [7, 11) is 0. The Labute approximate surface area is 115 Å². The summed E-state index contributed by atoms with van der Waals surface area (Å²) >= 11 is 0. The number of carboxylic acids is 1. The second kappa shape index (κ2) is 5.89. The molecule has 0 aliphatic heterocycles. The van der Waals surface area contributed by atoms with Crippen LogP contribution in [0.5, 0.6) is 0 Å². The third-order valence-corrected chi connectivity index (χ3v) is 3.55. The summed E-state index contributed by atoms with van der Waals surface area (Å²) in [6.45, 7) is 2.23. The van der Waals surface area contributed by atoms with Crippen molar-refractivity contribution >= 4 is 12.0 Å². The highest BCUT2D eigenvalue weighted by Crippen LogP contribution is 2.40. The summed E-state index contributed by atoms with van der Waals surface area (Å²) in [5, 5.41) is 18.0. The zero-order chi connectivity index (χ0) is 14.6. The maximum atomic E-state index is 11.6. The van der Waals surface area contributed by atoms with Gasteiger partial charge in [-0.05, 0) is 19.8 Å². The van der Waals surface area contributed by atoms with Gasteiger partial charge >= 0.3 is 12.0 Å². The van der Waals surface area contributed by atoms with E-state index in [-0.39, 0.29) is 12.6 Å². The molecule has 110 valence electrons. The fourth-order valence-electron chi connectivity index (χ4n) is 2.11. The third-order valence-electron chi connectivity index (χ3n) is 3.55. The summed E-state index contributed by atoms with van der Waals surface area (Å²) in [4.78, 5) is 26.7. The number of nitrogens with one attached hydrogen (secondary N) is 2. The van der Waals surface area contributed by atoms with Crippen LogP contribution in [0.1, 0.15) is 31.0 Å². The van der Waals surface area contributed by atoms with Crippen LogP contribution < -0.4 is 10.6 Å². The van der Waals surface area contributed by atoms with Crippen LogP contribution >= 0.6 is 0 Å². The molecule has 0 spiro atoms. The first-order valence-electron chi connectivity index (χ1n) is 6.56. The Morgan fingerprint density at radius 3 is 2.65 bits per heavy atom. The average Bonchev–Trinajstić information content (AvgIpc) is 2.73. The molecule has 8 nitrogen and oxygen atoms in total. The molecule has 8 heteroatoms. The highest BCUT2D eigenvalue weighted by atomic mass is 16.5. The largest absolute Gasteiger partial charge is 0.481 e. The molecule has 0 atom stereocenters. The van der Waals surface area contributed by atoms with E-state index in [0.29, 0.717) is 37.5 Å². The number of hydrogen-bond donors (Lipinski definition) is 3. The minimum Gasteiger partial charge on any atom is -0.481 e. The van der Waals surface area contributed by atoms with Gasteiger partial charge in [-0.3, -0.25) is 4.79 Å². The van der Waals surface area contributed by atoms with Crippen LogP contribution in [0, 0.1) is 12.3 Å². The van der Waals surface area contributed by atoms with Crippen LogP contribution in [0.15, 0.2) is 4.52 Å². The van der Waals surface area contributed by atoms with Gasteiger partial charge in [-0.15, -0.1) is 0 Å². The van der Waals surface area contributed by atoms with Gasteiger partial charge in [0.15, 0.2) is 5.82 Å². The lowest BCUT2D eigenvalue weighted by molar-refractivity contribution is -0.153. The minimum absolute atomic E-state index is 0.161. The van der Waals surface area contributed by atoms with E-state index in [0.717, 1.165) is 6.42 Å². The third kappa shape index (κ3) is 3.25. The van der Waals surface area contributed by atoms with Crippen LogP contribution in [0.3, 0.4) is 0 Å². The second-order valence-electron chi connectivity index (χ2n) is 5.03. The van der Waals surface area contributed by atoms with E-state index in [1.54, 1.807) is 6.92 Å². The molecule has 2 rings (SSSR count). The van der Waals surface area contributed by atoms with E-state index >= 15 is 0 Å². The maximum Gasteiger partial charge on any atom is 0.314 e. The van der Waals surface area contributed by atoms with Gasteiger partial charge in [0.1, 0.15) is 0 Å². The van der Waals surface area contributed by atoms with Crippen LogP contribution in [-0.2, 0) is 11.2 Å². The first kappa shape index (κ1) is 14.3. The van der Waals surface area contributed by atoms with E-state index in [1.165, 1.54) is 0 Å². The first-order chi connectivity index (χ1) is 9.52. The van der Waals surface area contributed by atoms with Gasteiger partial charge in [0.2, 0.25) is 5.89 Å². The van der Waals surface area contributed by atoms with Gasteiger partial charge in [0.25, 0.3) is 0 Å². The Kier molecular flexibility index (Phi) is 4.21. The zero-order valence-corrected chi connectivity index (χ0v) is 11.3. The van der Waals surface area contributed by atoms with Crippen LogP contribution in [-0.4, -0.2) is 40.3 Å². The molecule has 1 aliphatic carbocycles. The smallest absolute Gasteiger partial charge is 0.314 e. The molecule has 0 saturated heterocycles. The monoisotopic (exact) mass is 282 g/mol. The highest BCUT2D eigenvalue weighted by Gasteiger charge is 2.44. The van der Waals surface area contributed by atoms with E-state index in [9.17, 15) is 9.59 Å². The lowest BCUT2D eigenvalue weighted by Crippen LogP contribution is -2.49. The molecular weight excluding hydrogens is 264 g/mol. The Hall–Kier alpha value is -2.12. The number of amides is 2. The van der Waals surface area contributed by atoms with Crippen LogP contribution in [0.25, 0.3) is 0 Å². The van der Waals surface area contributed by atoms with Crippen molar-refractivity contribution in [1.29, 1.82) is 0 Å². The lowest BCUT2D eigenvalue weighted by atomic mass is 9.69. The molecule has 1 fully saturated rings. The number of aromatic nitrogens is 2. The average molecular weight is 282 g/mol. The first-order valence-corrected chi connectivity index (χ1v) is 6.56. The fraction of sp³-hybridized carbons (Fsp3) is 0.667. The van der Waals surface area contributed by atoms with Crippen molar-refractivity contribution in [2.45, 2.75) is 32.6 Å². The normalized spacial score (nSPS) is 16.2. The Morgan fingerprint density at radius 1 is 1.40 bits per heavy atom. The molecular formula is C12H18N4O4. The number of rotatable bonds is 6. The van der Waals surface area contributed by atoms with E-state index < -0.39 is 11.4 Å². The fourth-order valence-corrected chi connectivity index (χ4v) is 2.11. The molecule has 0 aromatic carbocycles. The van der Waals surface area contributed by atoms with Crippen molar-refractivity contribution < 1.29 is 19.2 Å². The van der Waals surface area contributed by atoms with Gasteiger partial charge in [-0.1, -0.05) is 11.6 Å². The zero-order valence-electron chi connectivity index (χ0n) is 11.3. The Morgan fingerprint density at radius 2 is 2.15 bits per heavy atom. The van der Waals surface area contributed by atoms with E-state index in [4.69, 9.17) is 9.63 Å². The Balaban J connectivity index is 1.67. The number of urea groups is 1. The number of hydrogen-bond acceptors (Lipinski definition) is 5. The molecule has 20 heavy (non-hydrogen) atoms. The number of nitrogens with zero attached hydrogens (tertiary/aromatic N) is 2. The number of aliphatic carboxylic acids is 1. The van der Waals surface area contributed by atoms with Crippen molar-refractivity contribution in [1.82, 2.24) is 20.8 Å². The molecule has 1 aliphatic rings. The lowest BCUT2D eigenvalue weighted by Gasteiger charge is -2.37. The van der Waals surface area contributed by atoms with Crippen molar-refractivity contribution in [3.63, 3.8) is 0 Å². The van der Waals surface area contributed by atoms with Gasteiger partial charge in [0.05, 0.1) is 5.41 Å². The number of carboxylic acid groups (broad SMARTS) is 1. The van der Waals surface area contributed by atoms with Gasteiger partial charge in [-0.2, -0.15) is 4.98 Å². The number of carbonyl (C=O) groups is 2. The topological polar surface area (TPSA) is 117 Å². The minimum atomic E-state index is -0.842. The van der Waals surface area contributed by atoms with Gasteiger partial charge in [0, 0.05) is 19.5 Å². The molecule has 2 amide bonds. The number of aryl methyl sites for hydroxylation is 1. The van der Waals surface area contributed by atoms with E-state index in [2.05, 4.69) is 20.8 Å². The van der Waals surface area contributed by atoms with Crippen molar-refractivity contribution in [2.75, 3.05) is 13.1 Å². The summed E-state index contributed by atoms with van der Waals surface area (Å²) in [6.07, 6.45) is 2.57. The van der Waals surface area contributed by atoms with Gasteiger partial charge in [-0.25, -0.2) is 4.79 Å². The Bertz CT molecular complexity index is 495. The summed E-state index contributed by atoms with van der Waals surface area (Å²) in [6, 6.07) is -0.381. The summed E-state index contributed by atoms with van der Waals surface area (Å²) < 4.78 is 4.91. The van der Waals surface area contributed by atoms with Crippen molar-refractivity contribution in [3.8, 4) is 0 Å². The predicted octanol–water partition coefficient (Wildman–Crippen LogP) is 0.475. The highest BCUT2D eigenvalue weighted by molar-refractivity contribution is 5.78. The molecule has 0 radical (unpaired) electrons. The van der Waals surface area contributed by atoms with Crippen LogP contribution in [0.4, 0.5) is 4.79 Å². The second-order valence-corrected chi connectivity index (χ2v) is 5.03. The number of carbonyl (C=O) groups excluding carboxylic acids is 1. The van der Waals surface area contributed by atoms with Crippen molar-refractivity contribution in [3.05, 3.63) is 11.7 Å². The maximum absolute atomic E-state index is 11.6. The molecule has 0 unspecified atom stereocenters. The predicted molar refractivity (Wildman–Crippen MR) is 68.1 cm³/mol. The van der Waals surface area contributed by atoms with Crippen LogP contribution in [0.2, 0.25) is 0 Å². The molecule has 0 bridgehead atoms. The standard InChI is InChI=1S/C12H18N4O4/c1-8-15-9(20-16-8)3-6-13-11(19)14-7-12(10(17)18)4-2-5-12/h2-7H2,1H3,(H,17,18)(H2,13,14,19). The molecule has 3 N–H and O–H groups in total. The summed E-state index contributed by atoms with van der Waals surface area (Å²) in [5.41, 5.74) is -0.777. The molecule has 1 saturated carbocycles. The molecule has 1 aromatic heterocycles. The summed E-state index contributed by atoms with van der Waals surface area (Å²) in [5.74, 6) is 0.173. The van der Waals surface area contributed by atoms with Gasteiger partial charge < -0.3 is 20.3 Å². The molecule has 1 aromatic rings.